The fourth-order valence-corrected chi connectivity index (χ4v) is 2.81. The minimum atomic E-state index is -0.795. The molecule has 2 amide bonds. The Bertz CT molecular complexity index is 295. The van der Waals surface area contributed by atoms with Gasteiger partial charge >= 0.3 is 6.03 Å². The van der Waals surface area contributed by atoms with Gasteiger partial charge in [0.15, 0.2) is 0 Å². The highest BCUT2D eigenvalue weighted by molar-refractivity contribution is 5.74. The molecule has 0 radical (unpaired) electrons. The van der Waals surface area contributed by atoms with Crippen LogP contribution in [0, 0.1) is 5.92 Å². The van der Waals surface area contributed by atoms with Crippen molar-refractivity contribution in [1.29, 1.82) is 0 Å². The van der Waals surface area contributed by atoms with Crippen molar-refractivity contribution in [3.63, 3.8) is 0 Å². The lowest BCUT2D eigenvalue weighted by atomic mass is 9.87. The van der Waals surface area contributed by atoms with Crippen LogP contribution in [0.5, 0.6) is 0 Å². The van der Waals surface area contributed by atoms with Crippen LogP contribution in [0.4, 0.5) is 4.79 Å². The summed E-state index contributed by atoms with van der Waals surface area (Å²) in [5.41, 5.74) is -0.795. The van der Waals surface area contributed by atoms with Crippen LogP contribution in [-0.4, -0.2) is 42.5 Å². The number of nitrogens with one attached hydrogen (secondary N) is 2. The highest BCUT2D eigenvalue weighted by Gasteiger charge is 2.30. The number of amides is 2. The van der Waals surface area contributed by atoms with E-state index in [0.29, 0.717) is 38.6 Å². The van der Waals surface area contributed by atoms with Gasteiger partial charge in [-0.2, -0.15) is 0 Å². The van der Waals surface area contributed by atoms with E-state index < -0.39 is 5.60 Å². The first-order chi connectivity index (χ1) is 9.07. The molecule has 0 bridgehead atoms. The largest absolute Gasteiger partial charge is 0.388 e. The SMILES string of the molecule is CC1CCC(NC(=O)NCC2(O)CCOCC2)CC1. The average molecular weight is 270 g/mol. The Kier molecular flexibility index (Phi) is 5.05. The molecule has 5 nitrogen and oxygen atoms in total. The molecule has 2 fully saturated rings. The van der Waals surface area contributed by atoms with E-state index >= 15 is 0 Å². The van der Waals surface area contributed by atoms with Crippen LogP contribution >= 0.6 is 0 Å². The molecule has 1 saturated carbocycles. The third kappa shape index (κ3) is 4.66. The van der Waals surface area contributed by atoms with Gasteiger partial charge in [-0.05, 0) is 31.6 Å². The maximum absolute atomic E-state index is 11.8. The Morgan fingerprint density at radius 2 is 1.89 bits per heavy atom. The van der Waals surface area contributed by atoms with E-state index in [0.717, 1.165) is 18.8 Å². The van der Waals surface area contributed by atoms with Crippen LogP contribution in [0.2, 0.25) is 0 Å². The van der Waals surface area contributed by atoms with E-state index in [1.54, 1.807) is 0 Å². The van der Waals surface area contributed by atoms with Gasteiger partial charge in [0.2, 0.25) is 0 Å². The molecule has 1 saturated heterocycles. The van der Waals surface area contributed by atoms with Crippen LogP contribution < -0.4 is 10.6 Å². The van der Waals surface area contributed by atoms with E-state index in [1.807, 2.05) is 0 Å². The Morgan fingerprint density at radius 1 is 1.26 bits per heavy atom. The molecular formula is C14H26N2O3. The smallest absolute Gasteiger partial charge is 0.315 e. The number of carbonyl (C=O) groups is 1. The predicted octanol–water partition coefficient (Wildman–Crippen LogP) is 1.41. The summed E-state index contributed by atoms with van der Waals surface area (Å²) in [5.74, 6) is 0.782. The summed E-state index contributed by atoms with van der Waals surface area (Å²) in [6, 6.07) is 0.139. The fourth-order valence-electron chi connectivity index (χ4n) is 2.81. The molecule has 1 aliphatic carbocycles. The standard InChI is InChI=1S/C14H26N2O3/c1-11-2-4-12(5-3-11)16-13(17)15-10-14(18)6-8-19-9-7-14/h11-12,18H,2-10H2,1H3,(H2,15,16,17). The minimum absolute atomic E-state index is 0.153. The second-order valence-corrected chi connectivity index (χ2v) is 6.12. The van der Waals surface area contributed by atoms with Crippen molar-refractivity contribution in [2.45, 2.75) is 57.1 Å². The summed E-state index contributed by atoms with van der Waals surface area (Å²) in [7, 11) is 0. The monoisotopic (exact) mass is 270 g/mol. The topological polar surface area (TPSA) is 70.6 Å². The molecule has 5 heteroatoms. The maximum Gasteiger partial charge on any atom is 0.315 e. The minimum Gasteiger partial charge on any atom is -0.388 e. The van der Waals surface area contributed by atoms with Crippen LogP contribution in [0.3, 0.4) is 0 Å². The van der Waals surface area contributed by atoms with Crippen molar-refractivity contribution in [1.82, 2.24) is 10.6 Å². The van der Waals surface area contributed by atoms with Crippen molar-refractivity contribution in [3.8, 4) is 0 Å². The molecule has 0 aromatic heterocycles. The normalized spacial score (nSPS) is 30.6. The van der Waals surface area contributed by atoms with Crippen LogP contribution in [0.25, 0.3) is 0 Å². The van der Waals surface area contributed by atoms with E-state index in [2.05, 4.69) is 17.6 Å². The Balaban J connectivity index is 1.66. The lowest BCUT2D eigenvalue weighted by Crippen LogP contribution is -2.51. The van der Waals surface area contributed by atoms with Crippen LogP contribution in [0.15, 0.2) is 0 Å². The molecule has 0 spiro atoms. The van der Waals surface area contributed by atoms with Gasteiger partial charge in [0.05, 0.1) is 5.60 Å². The second kappa shape index (κ2) is 6.57. The molecule has 2 aliphatic rings. The molecule has 0 aromatic carbocycles. The average Bonchev–Trinajstić information content (AvgIpc) is 2.40. The second-order valence-electron chi connectivity index (χ2n) is 6.12. The van der Waals surface area contributed by atoms with Gasteiger partial charge in [-0.1, -0.05) is 6.92 Å². The van der Waals surface area contributed by atoms with Gasteiger partial charge in [-0.15, -0.1) is 0 Å². The number of aliphatic hydroxyl groups is 1. The summed E-state index contributed by atoms with van der Waals surface area (Å²) in [5, 5.41) is 16.0. The first kappa shape index (κ1) is 14.6. The zero-order valence-corrected chi connectivity index (χ0v) is 11.8. The zero-order chi connectivity index (χ0) is 13.7. The van der Waals surface area contributed by atoms with Crippen molar-refractivity contribution in [2.75, 3.05) is 19.8 Å². The molecule has 3 N–H and O–H groups in total. The number of ether oxygens (including phenoxy) is 1. The van der Waals surface area contributed by atoms with Crippen LogP contribution in [-0.2, 0) is 4.74 Å². The molecular weight excluding hydrogens is 244 g/mol. The van der Waals surface area contributed by atoms with Gasteiger partial charge < -0.3 is 20.5 Å². The Labute approximate surface area is 115 Å². The van der Waals surface area contributed by atoms with E-state index in [1.165, 1.54) is 12.8 Å². The van der Waals surface area contributed by atoms with E-state index in [4.69, 9.17) is 4.74 Å². The first-order valence-corrected chi connectivity index (χ1v) is 7.42. The summed E-state index contributed by atoms with van der Waals surface area (Å²) in [6.45, 7) is 3.71. The van der Waals surface area contributed by atoms with E-state index in [9.17, 15) is 9.90 Å². The lowest BCUT2D eigenvalue weighted by molar-refractivity contribution is -0.0600. The molecule has 19 heavy (non-hydrogen) atoms. The Morgan fingerprint density at radius 3 is 2.53 bits per heavy atom. The molecule has 2 rings (SSSR count). The molecule has 0 unspecified atom stereocenters. The predicted molar refractivity (Wildman–Crippen MR) is 73.0 cm³/mol. The van der Waals surface area contributed by atoms with Crippen LogP contribution in [0.1, 0.15) is 45.4 Å². The zero-order valence-electron chi connectivity index (χ0n) is 11.8. The lowest BCUT2D eigenvalue weighted by Gasteiger charge is -2.32. The van der Waals surface area contributed by atoms with Gasteiger partial charge in [0.25, 0.3) is 0 Å². The third-order valence-corrected chi connectivity index (χ3v) is 4.35. The van der Waals surface area contributed by atoms with Gasteiger partial charge in [-0.25, -0.2) is 4.79 Å². The molecule has 0 atom stereocenters. The molecule has 0 aromatic rings. The first-order valence-electron chi connectivity index (χ1n) is 7.42. The van der Waals surface area contributed by atoms with Crippen molar-refractivity contribution in [2.24, 2.45) is 5.92 Å². The summed E-state index contributed by atoms with van der Waals surface area (Å²) in [6.07, 6.45) is 5.68. The molecule has 1 aliphatic heterocycles. The summed E-state index contributed by atoms with van der Waals surface area (Å²) in [4.78, 5) is 11.8. The van der Waals surface area contributed by atoms with Crippen molar-refractivity contribution >= 4 is 6.03 Å². The summed E-state index contributed by atoms with van der Waals surface area (Å²) < 4.78 is 5.21. The quantitative estimate of drug-likeness (QED) is 0.726. The third-order valence-electron chi connectivity index (χ3n) is 4.35. The molecule has 110 valence electrons. The van der Waals surface area contributed by atoms with Gasteiger partial charge in [-0.3, -0.25) is 0 Å². The van der Waals surface area contributed by atoms with E-state index in [-0.39, 0.29) is 6.03 Å². The van der Waals surface area contributed by atoms with Crippen molar-refractivity contribution < 1.29 is 14.6 Å². The number of hydrogen-bond acceptors (Lipinski definition) is 3. The summed E-state index contributed by atoms with van der Waals surface area (Å²) >= 11 is 0. The number of urea groups is 1. The number of carbonyl (C=O) groups excluding carboxylic acids is 1. The fraction of sp³-hybridized carbons (Fsp3) is 0.929. The highest BCUT2D eigenvalue weighted by atomic mass is 16.5. The van der Waals surface area contributed by atoms with Gasteiger partial charge in [0, 0.05) is 38.6 Å². The number of hydrogen-bond donors (Lipinski definition) is 3. The van der Waals surface area contributed by atoms with Gasteiger partial charge in [0.1, 0.15) is 0 Å². The highest BCUT2D eigenvalue weighted by Crippen LogP contribution is 2.23. The Hall–Kier alpha value is -0.810. The van der Waals surface area contributed by atoms with Crippen molar-refractivity contribution in [3.05, 3.63) is 0 Å². The maximum atomic E-state index is 11.8. The number of rotatable bonds is 3. The molecule has 1 heterocycles.